The normalized spacial score (nSPS) is 16.9. The Labute approximate surface area is 242 Å². The van der Waals surface area contributed by atoms with Crippen molar-refractivity contribution in [2.75, 3.05) is 12.4 Å². The molecule has 1 aliphatic heterocycles. The minimum atomic E-state index is -0.266. The minimum Gasteiger partial charge on any atom is -0.381 e. The molecule has 1 fully saturated rings. The first kappa shape index (κ1) is 29.9. The number of nitrogens with one attached hydrogen (secondary N) is 1. The van der Waals surface area contributed by atoms with Crippen LogP contribution in [0.5, 0.6) is 0 Å². The van der Waals surface area contributed by atoms with Gasteiger partial charge in [-0.15, -0.1) is 0 Å². The van der Waals surface area contributed by atoms with Gasteiger partial charge in [-0.3, -0.25) is 9.98 Å². The van der Waals surface area contributed by atoms with Gasteiger partial charge in [-0.25, -0.2) is 9.37 Å². The van der Waals surface area contributed by atoms with Gasteiger partial charge in [0, 0.05) is 19.0 Å². The minimum absolute atomic E-state index is 0.214. The van der Waals surface area contributed by atoms with Gasteiger partial charge in [-0.2, -0.15) is 0 Å². The summed E-state index contributed by atoms with van der Waals surface area (Å²) >= 11 is 0. The zero-order chi connectivity index (χ0) is 29.2. The van der Waals surface area contributed by atoms with E-state index in [-0.39, 0.29) is 11.9 Å². The molecule has 0 saturated heterocycles. The van der Waals surface area contributed by atoms with Crippen molar-refractivity contribution in [3.05, 3.63) is 96.4 Å². The fourth-order valence-electron chi connectivity index (χ4n) is 5.12. The summed E-state index contributed by atoms with van der Waals surface area (Å²) in [5.74, 6) is -0.266. The molecule has 1 saturated carbocycles. The number of hydrogen-bond acceptors (Lipinski definition) is 5. The van der Waals surface area contributed by atoms with Crippen LogP contribution in [0.1, 0.15) is 53.4 Å². The second kappa shape index (κ2) is 14.5. The smallest absolute Gasteiger partial charge is 0.123 e. The Morgan fingerprint density at radius 3 is 2.32 bits per heavy atom. The Morgan fingerprint density at radius 2 is 1.63 bits per heavy atom. The zero-order valence-electron chi connectivity index (χ0n) is 24.6. The molecule has 2 aromatic carbocycles. The third kappa shape index (κ3) is 6.98. The topological polar surface area (TPSA) is 64.3 Å². The van der Waals surface area contributed by atoms with Crippen LogP contribution in [0.3, 0.4) is 0 Å². The van der Waals surface area contributed by atoms with Crippen LogP contribution in [0, 0.1) is 5.82 Å². The highest BCUT2D eigenvalue weighted by Gasteiger charge is 2.21. The van der Waals surface area contributed by atoms with E-state index in [2.05, 4.69) is 27.0 Å². The molecule has 2 heterocycles. The predicted octanol–water partition coefficient (Wildman–Crippen LogP) is 8.32. The summed E-state index contributed by atoms with van der Waals surface area (Å²) < 4.78 is 21.5. The Balaban J connectivity index is 0.000000929. The Hall–Kier alpha value is -4.10. The molecule has 0 radical (unpaired) electrons. The highest BCUT2D eigenvalue weighted by molar-refractivity contribution is 5.84. The quantitative estimate of drug-likeness (QED) is 0.222. The van der Waals surface area contributed by atoms with Crippen LogP contribution in [-0.2, 0) is 4.74 Å². The van der Waals surface area contributed by atoms with E-state index in [9.17, 15) is 4.39 Å². The molecule has 7 heteroatoms. The molecule has 0 spiro atoms. The lowest BCUT2D eigenvalue weighted by Gasteiger charge is -2.25. The number of pyridine rings is 1. The van der Waals surface area contributed by atoms with E-state index in [0.717, 1.165) is 70.5 Å². The molecule has 3 aromatic rings. The summed E-state index contributed by atoms with van der Waals surface area (Å²) in [4.78, 5) is 14.5. The standard InChI is InChI=1S/C30H28FN5O.2C2H6/c1-37-24-14-10-21(11-15-24)33-27-18-30-28(17-26(27)34-22-5-4-16-32-19-22)35-25-6-2-3-7-29(25)36(30)23-12-8-20(31)9-13-23;2*1-2/h2-9,12-13,16-19,21,24,34H,10-11,14-15H2,1H3;2*1-2H3. The largest absolute Gasteiger partial charge is 0.381 e. The Morgan fingerprint density at radius 1 is 0.902 bits per heavy atom. The summed E-state index contributed by atoms with van der Waals surface area (Å²) in [6.45, 7) is 8.00. The molecule has 0 amide bonds. The molecule has 0 unspecified atom stereocenters. The van der Waals surface area contributed by atoms with E-state index in [1.165, 1.54) is 12.1 Å². The van der Waals surface area contributed by atoms with Crippen molar-refractivity contribution in [3.8, 4) is 17.1 Å². The van der Waals surface area contributed by atoms with Crippen LogP contribution >= 0.6 is 0 Å². The third-order valence-electron chi connectivity index (χ3n) is 7.02. The maximum Gasteiger partial charge on any atom is 0.123 e. The lowest BCUT2D eigenvalue weighted by atomic mass is 9.93. The summed E-state index contributed by atoms with van der Waals surface area (Å²) in [6, 6.07) is 22.8. The molecule has 6 nitrogen and oxygen atoms in total. The van der Waals surface area contributed by atoms with Crippen molar-refractivity contribution in [2.24, 2.45) is 4.99 Å². The van der Waals surface area contributed by atoms with E-state index < -0.39 is 0 Å². The van der Waals surface area contributed by atoms with E-state index >= 15 is 0 Å². The number of nitrogens with zero attached hydrogens (tertiary/aromatic N) is 4. The number of aromatic nitrogens is 3. The summed E-state index contributed by atoms with van der Waals surface area (Å²) in [5, 5.41) is 4.38. The highest BCUT2D eigenvalue weighted by atomic mass is 19.1. The van der Waals surface area contributed by atoms with Crippen LogP contribution < -0.4 is 10.7 Å². The van der Waals surface area contributed by atoms with Crippen molar-refractivity contribution >= 4 is 22.4 Å². The molecule has 6 rings (SSSR count). The molecule has 41 heavy (non-hydrogen) atoms. The zero-order valence-corrected chi connectivity index (χ0v) is 24.6. The predicted molar refractivity (Wildman–Crippen MR) is 166 cm³/mol. The van der Waals surface area contributed by atoms with Gasteiger partial charge in [0.15, 0.2) is 0 Å². The number of methoxy groups -OCH3 is 1. The first-order valence-corrected chi connectivity index (χ1v) is 14.6. The van der Waals surface area contributed by atoms with Gasteiger partial charge in [-0.05, 0) is 86.3 Å². The maximum absolute atomic E-state index is 13.8. The van der Waals surface area contributed by atoms with E-state index in [1.54, 1.807) is 31.6 Å². The number of anilines is 2. The van der Waals surface area contributed by atoms with E-state index in [4.69, 9.17) is 14.7 Å². The first-order valence-electron chi connectivity index (χ1n) is 14.6. The van der Waals surface area contributed by atoms with Crippen molar-refractivity contribution in [2.45, 2.75) is 65.5 Å². The highest BCUT2D eigenvalue weighted by Crippen LogP contribution is 2.31. The lowest BCUT2D eigenvalue weighted by molar-refractivity contribution is 0.0663. The van der Waals surface area contributed by atoms with Crippen LogP contribution in [0.15, 0.2) is 90.2 Å². The molecule has 2 aliphatic carbocycles. The van der Waals surface area contributed by atoms with Gasteiger partial charge < -0.3 is 14.6 Å². The second-order valence-electron chi connectivity index (χ2n) is 9.43. The van der Waals surface area contributed by atoms with Crippen LogP contribution in [0.2, 0.25) is 0 Å². The van der Waals surface area contributed by atoms with E-state index in [1.807, 2.05) is 64.1 Å². The average Bonchev–Trinajstić information content (AvgIpc) is 3.04. The molecular formula is C34H40FN5O. The number of hydrogen-bond donors (Lipinski definition) is 1. The fourth-order valence-corrected chi connectivity index (χ4v) is 5.12. The van der Waals surface area contributed by atoms with Crippen LogP contribution in [-0.4, -0.2) is 33.8 Å². The number of para-hydroxylation sites is 2. The number of benzene rings is 3. The molecular weight excluding hydrogens is 513 g/mol. The van der Waals surface area contributed by atoms with Crippen molar-refractivity contribution in [3.63, 3.8) is 0 Å². The maximum atomic E-state index is 13.8. The summed E-state index contributed by atoms with van der Waals surface area (Å²) in [6.07, 6.45) is 7.84. The van der Waals surface area contributed by atoms with Crippen LogP contribution in [0.4, 0.5) is 15.8 Å². The molecule has 0 bridgehead atoms. The second-order valence-corrected chi connectivity index (χ2v) is 9.43. The first-order chi connectivity index (χ1) is 20.2. The third-order valence-corrected chi connectivity index (χ3v) is 7.02. The monoisotopic (exact) mass is 553 g/mol. The van der Waals surface area contributed by atoms with Crippen molar-refractivity contribution in [1.29, 1.82) is 0 Å². The number of fused-ring (bicyclic) bond motifs is 2. The molecule has 0 atom stereocenters. The van der Waals surface area contributed by atoms with Gasteiger partial charge in [0.05, 0.1) is 57.5 Å². The van der Waals surface area contributed by atoms with Gasteiger partial charge in [0.2, 0.25) is 0 Å². The van der Waals surface area contributed by atoms with E-state index in [0.29, 0.717) is 6.10 Å². The molecule has 1 N–H and O–H groups in total. The number of ether oxygens (including phenoxy) is 1. The average molecular weight is 554 g/mol. The summed E-state index contributed by atoms with van der Waals surface area (Å²) in [5.41, 5.74) is 6.15. The van der Waals surface area contributed by atoms with Crippen LogP contribution in [0.25, 0.3) is 28.1 Å². The number of rotatable bonds is 5. The van der Waals surface area contributed by atoms with Crippen molar-refractivity contribution < 1.29 is 9.13 Å². The fraction of sp³-hybridized carbons (Fsp3) is 0.324. The Kier molecular flexibility index (Phi) is 10.6. The van der Waals surface area contributed by atoms with Gasteiger partial charge in [-0.1, -0.05) is 39.8 Å². The van der Waals surface area contributed by atoms with Gasteiger partial charge in [0.1, 0.15) is 5.82 Å². The Bertz CT molecular complexity index is 1560. The summed E-state index contributed by atoms with van der Waals surface area (Å²) in [7, 11) is 1.78. The number of halogens is 1. The SMILES string of the molecule is CC.CC.COC1CCC(N=c2cc3n(-c4ccc(F)cc4)c4ccccc4nc-3cc2Nc2cccnc2)CC1. The van der Waals surface area contributed by atoms with Crippen molar-refractivity contribution in [1.82, 2.24) is 14.5 Å². The molecule has 1 aromatic heterocycles. The van der Waals surface area contributed by atoms with Gasteiger partial charge in [0.25, 0.3) is 0 Å². The van der Waals surface area contributed by atoms with Gasteiger partial charge >= 0.3 is 0 Å². The lowest BCUT2D eigenvalue weighted by Crippen LogP contribution is -2.25. The molecule has 3 aliphatic rings. The molecule has 214 valence electrons.